The molecule has 116 valence electrons. The average molecular weight is 314 g/mol. The van der Waals surface area contributed by atoms with E-state index < -0.39 is 27.3 Å². The van der Waals surface area contributed by atoms with Gasteiger partial charge in [-0.25, -0.2) is 13.6 Å². The zero-order chi connectivity index (χ0) is 16.3. The van der Waals surface area contributed by atoms with Crippen molar-refractivity contribution in [3.05, 3.63) is 29.8 Å². The first-order valence-corrected chi connectivity index (χ1v) is 7.69. The highest BCUT2D eigenvalue weighted by atomic mass is 32.2. The van der Waals surface area contributed by atoms with E-state index in [2.05, 4.69) is 5.32 Å². The van der Waals surface area contributed by atoms with Crippen molar-refractivity contribution in [1.82, 2.24) is 5.32 Å². The summed E-state index contributed by atoms with van der Waals surface area (Å²) >= 11 is 0. The zero-order valence-electron chi connectivity index (χ0n) is 11.8. The molecule has 1 aromatic rings. The van der Waals surface area contributed by atoms with Crippen LogP contribution in [0.2, 0.25) is 0 Å². The third-order valence-electron chi connectivity index (χ3n) is 2.90. The summed E-state index contributed by atoms with van der Waals surface area (Å²) in [6.45, 7) is 3.00. The Morgan fingerprint density at radius 3 is 2.48 bits per heavy atom. The van der Waals surface area contributed by atoms with Crippen LogP contribution in [0.1, 0.15) is 25.8 Å². The highest BCUT2D eigenvalue weighted by Crippen LogP contribution is 2.20. The molecule has 0 atom stereocenters. The van der Waals surface area contributed by atoms with Gasteiger partial charge in [0.1, 0.15) is 0 Å². The van der Waals surface area contributed by atoms with Crippen LogP contribution < -0.4 is 10.5 Å². The molecule has 1 aromatic carbocycles. The number of carboxylic acid groups (broad SMARTS) is 1. The van der Waals surface area contributed by atoms with E-state index in [-0.39, 0.29) is 17.9 Å². The van der Waals surface area contributed by atoms with Crippen LogP contribution in [0.25, 0.3) is 0 Å². The molecule has 0 bridgehead atoms. The molecule has 21 heavy (non-hydrogen) atoms. The van der Waals surface area contributed by atoms with Gasteiger partial charge in [0, 0.05) is 13.0 Å². The lowest BCUT2D eigenvalue weighted by atomic mass is 9.89. The predicted molar refractivity (Wildman–Crippen MR) is 75.7 cm³/mol. The number of sulfonamides is 1. The van der Waals surface area contributed by atoms with Crippen molar-refractivity contribution in [2.75, 3.05) is 0 Å². The highest BCUT2D eigenvalue weighted by molar-refractivity contribution is 7.89. The number of primary sulfonamides is 1. The van der Waals surface area contributed by atoms with Crippen molar-refractivity contribution in [2.45, 2.75) is 31.7 Å². The van der Waals surface area contributed by atoms with E-state index >= 15 is 0 Å². The van der Waals surface area contributed by atoms with Crippen LogP contribution in [-0.2, 0) is 26.2 Å². The maximum Gasteiger partial charge on any atom is 0.309 e. The van der Waals surface area contributed by atoms with Gasteiger partial charge in [-0.05, 0) is 31.5 Å². The molecule has 1 rings (SSSR count). The Bertz CT molecular complexity index is 652. The molecule has 8 heteroatoms. The van der Waals surface area contributed by atoms with Crippen LogP contribution in [0, 0.1) is 5.41 Å². The minimum Gasteiger partial charge on any atom is -0.481 e. The van der Waals surface area contributed by atoms with Gasteiger partial charge >= 0.3 is 5.97 Å². The Morgan fingerprint density at radius 2 is 1.95 bits per heavy atom. The van der Waals surface area contributed by atoms with E-state index in [4.69, 9.17) is 10.2 Å². The zero-order valence-corrected chi connectivity index (χ0v) is 12.6. The molecule has 0 unspecified atom stereocenters. The number of carboxylic acids is 1. The van der Waals surface area contributed by atoms with Crippen LogP contribution in [-0.4, -0.2) is 25.4 Å². The lowest BCUT2D eigenvalue weighted by molar-refractivity contribution is -0.149. The maximum atomic E-state index is 11.7. The molecule has 0 aliphatic heterocycles. The van der Waals surface area contributed by atoms with Gasteiger partial charge in [-0.15, -0.1) is 0 Å². The molecule has 0 saturated carbocycles. The van der Waals surface area contributed by atoms with Crippen molar-refractivity contribution >= 4 is 21.9 Å². The summed E-state index contributed by atoms with van der Waals surface area (Å²) in [4.78, 5) is 22.6. The normalized spacial score (nSPS) is 12.0. The number of hydrogen-bond donors (Lipinski definition) is 3. The average Bonchev–Trinajstić information content (AvgIpc) is 2.35. The molecule has 0 radical (unpaired) electrons. The predicted octanol–water partition coefficient (Wildman–Crippen LogP) is 0.451. The number of carbonyl (C=O) groups excluding carboxylic acids is 1. The second-order valence-corrected chi connectivity index (χ2v) is 6.90. The number of benzene rings is 1. The molecular weight excluding hydrogens is 296 g/mol. The van der Waals surface area contributed by atoms with Crippen LogP contribution in [0.5, 0.6) is 0 Å². The fourth-order valence-electron chi connectivity index (χ4n) is 1.57. The van der Waals surface area contributed by atoms with Crippen LogP contribution in [0.15, 0.2) is 29.2 Å². The standard InChI is InChI=1S/C13H18N2O5S/c1-13(2,12(17)18)7-11(16)15-8-9-4-3-5-10(6-9)21(14,19)20/h3-6H,7-8H2,1-2H3,(H,15,16)(H,17,18)(H2,14,19,20). The minimum absolute atomic E-state index is 0.0416. The lowest BCUT2D eigenvalue weighted by Gasteiger charge is -2.18. The molecule has 0 aliphatic carbocycles. The van der Waals surface area contributed by atoms with Crippen molar-refractivity contribution in [2.24, 2.45) is 10.6 Å². The summed E-state index contributed by atoms with van der Waals surface area (Å²) in [7, 11) is -3.79. The topological polar surface area (TPSA) is 127 Å². The number of aliphatic carboxylic acids is 1. The van der Waals surface area contributed by atoms with Gasteiger partial charge < -0.3 is 10.4 Å². The maximum absolute atomic E-state index is 11.7. The van der Waals surface area contributed by atoms with E-state index in [1.165, 1.54) is 32.0 Å². The summed E-state index contributed by atoms with van der Waals surface area (Å²) in [5.41, 5.74) is -0.602. The van der Waals surface area contributed by atoms with Crippen molar-refractivity contribution in [1.29, 1.82) is 0 Å². The van der Waals surface area contributed by atoms with Gasteiger partial charge in [-0.3, -0.25) is 9.59 Å². The number of rotatable bonds is 6. The molecule has 4 N–H and O–H groups in total. The van der Waals surface area contributed by atoms with Gasteiger partial charge in [0.15, 0.2) is 0 Å². The first-order chi connectivity index (χ1) is 9.52. The molecule has 1 amide bonds. The first kappa shape index (κ1) is 17.1. The fraction of sp³-hybridized carbons (Fsp3) is 0.385. The fourth-order valence-corrected chi connectivity index (χ4v) is 2.16. The Labute approximate surface area is 123 Å². The monoisotopic (exact) mass is 314 g/mol. The summed E-state index contributed by atoms with van der Waals surface area (Å²) in [6, 6.07) is 5.87. The highest BCUT2D eigenvalue weighted by Gasteiger charge is 2.29. The number of amides is 1. The van der Waals surface area contributed by atoms with Gasteiger partial charge in [0.25, 0.3) is 0 Å². The summed E-state index contributed by atoms with van der Waals surface area (Å²) in [6.07, 6.45) is -0.169. The van der Waals surface area contributed by atoms with Gasteiger partial charge in [-0.1, -0.05) is 12.1 Å². The summed E-state index contributed by atoms with van der Waals surface area (Å²) in [5.74, 6) is -1.49. The third kappa shape index (κ3) is 5.16. The number of nitrogens with two attached hydrogens (primary N) is 1. The number of nitrogens with one attached hydrogen (secondary N) is 1. The van der Waals surface area contributed by atoms with Gasteiger partial charge in [-0.2, -0.15) is 0 Å². The molecule has 0 aromatic heterocycles. The Hall–Kier alpha value is -1.93. The quantitative estimate of drug-likeness (QED) is 0.702. The van der Waals surface area contributed by atoms with E-state index in [1.807, 2.05) is 0 Å². The van der Waals surface area contributed by atoms with Crippen LogP contribution in [0.4, 0.5) is 0 Å². The minimum atomic E-state index is -3.79. The first-order valence-electron chi connectivity index (χ1n) is 6.14. The second-order valence-electron chi connectivity index (χ2n) is 5.33. The Kier molecular flexibility index (Phi) is 5.08. The largest absolute Gasteiger partial charge is 0.481 e. The van der Waals surface area contributed by atoms with Crippen molar-refractivity contribution in [3.8, 4) is 0 Å². The molecule has 7 nitrogen and oxygen atoms in total. The van der Waals surface area contributed by atoms with Crippen LogP contribution in [0.3, 0.4) is 0 Å². The van der Waals surface area contributed by atoms with Gasteiger partial charge in [0.2, 0.25) is 15.9 Å². The summed E-state index contributed by atoms with van der Waals surface area (Å²) in [5, 5.41) is 16.5. The molecule has 0 aliphatic rings. The lowest BCUT2D eigenvalue weighted by Crippen LogP contribution is -2.33. The number of carbonyl (C=O) groups is 2. The molecule has 0 saturated heterocycles. The van der Waals surface area contributed by atoms with Crippen LogP contribution >= 0.6 is 0 Å². The van der Waals surface area contributed by atoms with E-state index in [0.717, 1.165) is 0 Å². The Balaban J connectivity index is 2.68. The van der Waals surface area contributed by atoms with Crippen molar-refractivity contribution in [3.63, 3.8) is 0 Å². The SMILES string of the molecule is CC(C)(CC(=O)NCc1cccc(S(N)(=O)=O)c1)C(=O)O. The molecular formula is C13H18N2O5S. The Morgan fingerprint density at radius 1 is 1.33 bits per heavy atom. The van der Waals surface area contributed by atoms with Gasteiger partial charge in [0.05, 0.1) is 10.3 Å². The number of hydrogen-bond acceptors (Lipinski definition) is 4. The van der Waals surface area contributed by atoms with E-state index in [9.17, 15) is 18.0 Å². The van der Waals surface area contributed by atoms with E-state index in [0.29, 0.717) is 5.56 Å². The summed E-state index contributed by atoms with van der Waals surface area (Å²) < 4.78 is 22.4. The molecule has 0 fully saturated rings. The van der Waals surface area contributed by atoms with Crippen molar-refractivity contribution < 1.29 is 23.1 Å². The second kappa shape index (κ2) is 6.23. The van der Waals surface area contributed by atoms with E-state index in [1.54, 1.807) is 6.07 Å². The molecule has 0 spiro atoms. The smallest absolute Gasteiger partial charge is 0.309 e. The molecule has 0 heterocycles. The third-order valence-corrected chi connectivity index (χ3v) is 3.81.